The molecule has 0 unspecified atom stereocenters. The summed E-state index contributed by atoms with van der Waals surface area (Å²) in [5.74, 6) is -2.75. The molecule has 0 bridgehead atoms. The fourth-order valence-corrected chi connectivity index (χ4v) is 3.88. The van der Waals surface area contributed by atoms with Gasteiger partial charge in [0.25, 0.3) is 5.91 Å². The van der Waals surface area contributed by atoms with Crippen LogP contribution in [0.2, 0.25) is 0 Å². The van der Waals surface area contributed by atoms with Crippen molar-refractivity contribution < 1.29 is 24.9 Å². The molecule has 0 aromatic heterocycles. The van der Waals surface area contributed by atoms with Crippen molar-refractivity contribution in [3.8, 4) is 17.2 Å². The monoisotopic (exact) mass is 449 g/mol. The molecule has 0 saturated carbocycles. The number of amides is 1. The zero-order chi connectivity index (χ0) is 23.8. The summed E-state index contributed by atoms with van der Waals surface area (Å²) in [5, 5.41) is 33.4. The van der Waals surface area contributed by atoms with Crippen LogP contribution in [0, 0.1) is 0 Å². The minimum Gasteiger partial charge on any atom is -0.507 e. The first-order valence-corrected chi connectivity index (χ1v) is 12.5. The van der Waals surface area contributed by atoms with E-state index in [1.54, 1.807) is 0 Å². The largest absolute Gasteiger partial charge is 0.507 e. The SMILES string of the molecule is CCCCCCCCCCC(=O)c1c(O)cc(O)c(C(=O)NCCCCCCCC)c1O. The molecule has 0 aliphatic rings. The number of hydrogen-bond acceptors (Lipinski definition) is 5. The van der Waals surface area contributed by atoms with Crippen LogP contribution in [0.25, 0.3) is 0 Å². The molecule has 182 valence electrons. The third kappa shape index (κ3) is 9.92. The summed E-state index contributed by atoms with van der Waals surface area (Å²) in [6.45, 7) is 4.77. The molecule has 1 aromatic carbocycles. The molecule has 0 radical (unpaired) electrons. The molecule has 1 rings (SSSR count). The summed E-state index contributed by atoms with van der Waals surface area (Å²) in [5.41, 5.74) is -0.636. The Labute approximate surface area is 193 Å². The third-order valence-electron chi connectivity index (χ3n) is 5.84. The first-order valence-electron chi connectivity index (χ1n) is 12.5. The molecule has 0 atom stereocenters. The van der Waals surface area contributed by atoms with Gasteiger partial charge in [0.05, 0.1) is 0 Å². The molecule has 32 heavy (non-hydrogen) atoms. The number of aromatic hydroxyl groups is 3. The van der Waals surface area contributed by atoms with Crippen molar-refractivity contribution in [1.82, 2.24) is 5.32 Å². The zero-order valence-corrected chi connectivity index (χ0v) is 20.0. The maximum Gasteiger partial charge on any atom is 0.258 e. The van der Waals surface area contributed by atoms with Gasteiger partial charge >= 0.3 is 0 Å². The van der Waals surface area contributed by atoms with Crippen LogP contribution in [-0.4, -0.2) is 33.6 Å². The normalized spacial score (nSPS) is 10.9. The molecule has 4 N–H and O–H groups in total. The molecule has 1 aromatic rings. The maximum atomic E-state index is 12.6. The second-order valence-electron chi connectivity index (χ2n) is 8.69. The molecule has 0 heterocycles. The van der Waals surface area contributed by atoms with Crippen molar-refractivity contribution in [2.45, 2.75) is 110 Å². The van der Waals surface area contributed by atoms with Crippen molar-refractivity contribution in [2.24, 2.45) is 0 Å². The fourth-order valence-electron chi connectivity index (χ4n) is 3.88. The molecule has 0 fully saturated rings. The third-order valence-corrected chi connectivity index (χ3v) is 5.84. The lowest BCUT2D eigenvalue weighted by Crippen LogP contribution is -2.25. The summed E-state index contributed by atoms with van der Waals surface area (Å²) < 4.78 is 0. The zero-order valence-electron chi connectivity index (χ0n) is 20.0. The van der Waals surface area contributed by atoms with E-state index in [4.69, 9.17) is 0 Å². The van der Waals surface area contributed by atoms with E-state index in [-0.39, 0.29) is 17.5 Å². The van der Waals surface area contributed by atoms with Crippen molar-refractivity contribution >= 4 is 11.7 Å². The van der Waals surface area contributed by atoms with E-state index in [2.05, 4.69) is 19.2 Å². The smallest absolute Gasteiger partial charge is 0.258 e. The Morgan fingerprint density at radius 3 is 1.72 bits per heavy atom. The van der Waals surface area contributed by atoms with Crippen LogP contribution in [0.4, 0.5) is 0 Å². The number of hydrogen-bond donors (Lipinski definition) is 4. The number of phenolic OH excluding ortho intramolecular Hbond substituents is 3. The van der Waals surface area contributed by atoms with Gasteiger partial charge in [-0.1, -0.05) is 90.9 Å². The minimum absolute atomic E-state index is 0.180. The highest BCUT2D eigenvalue weighted by atomic mass is 16.3. The summed E-state index contributed by atoms with van der Waals surface area (Å²) in [4.78, 5) is 25.1. The Kier molecular flexibility index (Phi) is 14.2. The van der Waals surface area contributed by atoms with Crippen LogP contribution >= 0.6 is 0 Å². The molecule has 1 amide bonds. The number of ketones is 1. The van der Waals surface area contributed by atoms with E-state index in [1.165, 1.54) is 44.9 Å². The van der Waals surface area contributed by atoms with E-state index < -0.39 is 28.9 Å². The van der Waals surface area contributed by atoms with Crippen molar-refractivity contribution in [2.75, 3.05) is 6.54 Å². The first kappa shape index (κ1) is 27.8. The minimum atomic E-state index is -0.646. The predicted octanol–water partition coefficient (Wildman–Crippen LogP) is 6.61. The van der Waals surface area contributed by atoms with Gasteiger partial charge in [-0.15, -0.1) is 0 Å². The van der Waals surface area contributed by atoms with Crippen LogP contribution in [0.15, 0.2) is 6.07 Å². The molecule has 0 spiro atoms. The maximum absolute atomic E-state index is 12.6. The molecule has 6 nitrogen and oxygen atoms in total. The summed E-state index contributed by atoms with van der Waals surface area (Å²) in [6.07, 6.45) is 15.3. The standard InChI is InChI=1S/C26H43NO5/c1-3-5-7-9-11-12-13-15-17-20(28)23-21(29)19-22(30)24(25(23)31)26(32)27-18-16-14-10-8-6-4-2/h19,29-31H,3-18H2,1-2H3,(H,27,32). The van der Waals surface area contributed by atoms with Crippen LogP contribution in [0.3, 0.4) is 0 Å². The van der Waals surface area contributed by atoms with Crippen molar-refractivity contribution in [3.63, 3.8) is 0 Å². The van der Waals surface area contributed by atoms with Crippen LogP contribution in [0.1, 0.15) is 131 Å². The van der Waals surface area contributed by atoms with E-state index in [0.717, 1.165) is 44.6 Å². The Balaban J connectivity index is 2.57. The van der Waals surface area contributed by atoms with Gasteiger partial charge < -0.3 is 20.6 Å². The Hall–Kier alpha value is -2.24. The number of carbonyl (C=O) groups excluding carboxylic acids is 2. The van der Waals surface area contributed by atoms with Crippen LogP contribution in [-0.2, 0) is 0 Å². The Morgan fingerprint density at radius 2 is 1.16 bits per heavy atom. The average molecular weight is 450 g/mol. The van der Waals surface area contributed by atoms with E-state index in [1.807, 2.05) is 0 Å². The Bertz CT molecular complexity index is 702. The summed E-state index contributed by atoms with van der Waals surface area (Å²) in [7, 11) is 0. The number of benzene rings is 1. The van der Waals surface area contributed by atoms with E-state index >= 15 is 0 Å². The van der Waals surface area contributed by atoms with Gasteiger partial charge in [0.15, 0.2) is 5.78 Å². The fraction of sp³-hybridized carbons (Fsp3) is 0.692. The van der Waals surface area contributed by atoms with Gasteiger partial charge in [0, 0.05) is 19.0 Å². The molecule has 0 saturated heterocycles. The number of rotatable bonds is 18. The van der Waals surface area contributed by atoms with Crippen LogP contribution in [0.5, 0.6) is 17.2 Å². The lowest BCUT2D eigenvalue weighted by Gasteiger charge is -2.13. The van der Waals surface area contributed by atoms with E-state index in [0.29, 0.717) is 13.0 Å². The lowest BCUT2D eigenvalue weighted by molar-refractivity contribution is 0.0947. The second kappa shape index (κ2) is 16.4. The number of Topliss-reactive ketones (excluding diaryl/α,β-unsaturated/α-hetero) is 1. The highest BCUT2D eigenvalue weighted by molar-refractivity contribution is 6.08. The quantitative estimate of drug-likeness (QED) is 0.149. The lowest BCUT2D eigenvalue weighted by atomic mass is 9.98. The number of nitrogens with one attached hydrogen (secondary N) is 1. The molecule has 6 heteroatoms. The van der Waals surface area contributed by atoms with Crippen molar-refractivity contribution in [3.05, 3.63) is 17.2 Å². The Morgan fingerprint density at radius 1 is 0.688 bits per heavy atom. The average Bonchev–Trinajstić information content (AvgIpc) is 2.74. The molecule has 0 aliphatic carbocycles. The molecule has 0 aliphatic heterocycles. The molecular formula is C26H43NO5. The van der Waals surface area contributed by atoms with Gasteiger partial charge in [-0.05, 0) is 12.8 Å². The highest BCUT2D eigenvalue weighted by Gasteiger charge is 2.26. The van der Waals surface area contributed by atoms with Crippen LogP contribution < -0.4 is 5.32 Å². The number of phenols is 3. The number of unbranched alkanes of at least 4 members (excludes halogenated alkanes) is 12. The van der Waals surface area contributed by atoms with Gasteiger partial charge in [-0.2, -0.15) is 0 Å². The highest BCUT2D eigenvalue weighted by Crippen LogP contribution is 2.38. The second-order valence-corrected chi connectivity index (χ2v) is 8.69. The number of carbonyl (C=O) groups is 2. The summed E-state index contributed by atoms with van der Waals surface area (Å²) in [6, 6.07) is 0.959. The van der Waals surface area contributed by atoms with Gasteiger partial charge in [-0.25, -0.2) is 0 Å². The van der Waals surface area contributed by atoms with Gasteiger partial charge in [-0.3, -0.25) is 9.59 Å². The van der Waals surface area contributed by atoms with E-state index in [9.17, 15) is 24.9 Å². The molecular weight excluding hydrogens is 406 g/mol. The summed E-state index contributed by atoms with van der Waals surface area (Å²) >= 11 is 0. The van der Waals surface area contributed by atoms with Gasteiger partial charge in [0.1, 0.15) is 28.4 Å². The van der Waals surface area contributed by atoms with Crippen molar-refractivity contribution in [1.29, 1.82) is 0 Å². The first-order chi connectivity index (χ1) is 15.4. The van der Waals surface area contributed by atoms with Gasteiger partial charge in [0.2, 0.25) is 0 Å². The predicted molar refractivity (Wildman–Crippen MR) is 129 cm³/mol. The topological polar surface area (TPSA) is 107 Å².